The minimum absolute atomic E-state index is 0.275. The highest BCUT2D eigenvalue weighted by Crippen LogP contribution is 2.23. The molecule has 0 radical (unpaired) electrons. The summed E-state index contributed by atoms with van der Waals surface area (Å²) < 4.78 is 1.97. The number of rotatable bonds is 4. The first kappa shape index (κ1) is 13.4. The molecule has 0 unspecified atom stereocenters. The van der Waals surface area contributed by atoms with Gasteiger partial charge in [-0.25, -0.2) is 9.78 Å². The Morgan fingerprint density at radius 2 is 2.05 bits per heavy atom. The van der Waals surface area contributed by atoms with Crippen molar-refractivity contribution in [1.29, 1.82) is 0 Å². The first-order valence-electron chi connectivity index (χ1n) is 6.99. The summed E-state index contributed by atoms with van der Waals surface area (Å²) in [6, 6.07) is 13.2. The molecule has 1 aromatic heterocycles. The quantitative estimate of drug-likeness (QED) is 0.793. The zero-order valence-corrected chi connectivity index (χ0v) is 11.8. The van der Waals surface area contributed by atoms with Crippen LogP contribution in [0.2, 0.25) is 0 Å². The Morgan fingerprint density at radius 1 is 1.24 bits per heavy atom. The number of imidazole rings is 1. The number of carboxylic acid groups (broad SMARTS) is 1. The van der Waals surface area contributed by atoms with Crippen molar-refractivity contribution < 1.29 is 9.90 Å². The highest BCUT2D eigenvalue weighted by Gasteiger charge is 2.11. The fraction of sp³-hybridized carbons (Fsp3) is 0.176. The molecular formula is C17H16N2O2. The van der Waals surface area contributed by atoms with E-state index in [4.69, 9.17) is 5.11 Å². The summed E-state index contributed by atoms with van der Waals surface area (Å²) in [5.74, 6) is -0.925. The van der Waals surface area contributed by atoms with Gasteiger partial charge in [-0.1, -0.05) is 31.5 Å². The van der Waals surface area contributed by atoms with E-state index < -0.39 is 5.97 Å². The summed E-state index contributed by atoms with van der Waals surface area (Å²) in [4.78, 5) is 15.5. The molecule has 0 saturated carbocycles. The van der Waals surface area contributed by atoms with Gasteiger partial charge >= 0.3 is 5.97 Å². The fourth-order valence-corrected chi connectivity index (χ4v) is 2.56. The Hall–Kier alpha value is -2.62. The summed E-state index contributed by atoms with van der Waals surface area (Å²) >= 11 is 0. The molecule has 1 N–H and O–H groups in total. The standard InChI is InChI=1S/C17H16N2O2/c1-2-5-12-6-3-4-7-15(12)19-11-18-14-9-8-13(17(20)21)10-16(14)19/h3-4,6-11H,2,5H2,1H3,(H,20,21). The van der Waals surface area contributed by atoms with Crippen LogP contribution < -0.4 is 0 Å². The Bertz CT molecular complexity index is 805. The van der Waals surface area contributed by atoms with Gasteiger partial charge in [-0.05, 0) is 36.2 Å². The van der Waals surface area contributed by atoms with Crippen molar-refractivity contribution in [2.45, 2.75) is 19.8 Å². The van der Waals surface area contributed by atoms with Crippen molar-refractivity contribution in [3.8, 4) is 5.69 Å². The Kier molecular flexibility index (Phi) is 3.44. The lowest BCUT2D eigenvalue weighted by Crippen LogP contribution is -2.00. The summed E-state index contributed by atoms with van der Waals surface area (Å²) in [5.41, 5.74) is 4.19. The normalized spacial score (nSPS) is 10.9. The van der Waals surface area contributed by atoms with E-state index in [2.05, 4.69) is 18.0 Å². The SMILES string of the molecule is CCCc1ccccc1-n1cnc2ccc(C(=O)O)cc21. The first-order valence-corrected chi connectivity index (χ1v) is 6.99. The van der Waals surface area contributed by atoms with Crippen LogP contribution in [0.5, 0.6) is 0 Å². The van der Waals surface area contributed by atoms with E-state index in [1.165, 1.54) is 5.56 Å². The number of carboxylic acids is 1. The van der Waals surface area contributed by atoms with Crippen molar-refractivity contribution in [2.75, 3.05) is 0 Å². The van der Waals surface area contributed by atoms with Crippen molar-refractivity contribution >= 4 is 17.0 Å². The minimum atomic E-state index is -0.925. The fourth-order valence-electron chi connectivity index (χ4n) is 2.56. The van der Waals surface area contributed by atoms with Gasteiger partial charge in [0.2, 0.25) is 0 Å². The van der Waals surface area contributed by atoms with Crippen molar-refractivity contribution in [3.63, 3.8) is 0 Å². The zero-order chi connectivity index (χ0) is 14.8. The van der Waals surface area contributed by atoms with Crippen LogP contribution in [0.1, 0.15) is 29.3 Å². The number of aromatic nitrogens is 2. The van der Waals surface area contributed by atoms with Crippen LogP contribution in [0, 0.1) is 0 Å². The number of para-hydroxylation sites is 1. The molecule has 0 amide bonds. The number of benzene rings is 2. The van der Waals surface area contributed by atoms with Crippen LogP contribution in [-0.2, 0) is 6.42 Å². The van der Waals surface area contributed by atoms with Gasteiger partial charge in [-0.15, -0.1) is 0 Å². The number of aryl methyl sites for hydroxylation is 1. The molecule has 0 aliphatic carbocycles. The van der Waals surface area contributed by atoms with Crippen LogP contribution in [0.25, 0.3) is 16.7 Å². The van der Waals surface area contributed by atoms with Gasteiger partial charge in [-0.3, -0.25) is 4.57 Å². The first-order chi connectivity index (χ1) is 10.2. The van der Waals surface area contributed by atoms with Gasteiger partial charge in [0.25, 0.3) is 0 Å². The molecule has 4 nitrogen and oxygen atoms in total. The predicted octanol–water partition coefficient (Wildman–Crippen LogP) is 3.68. The third kappa shape index (κ3) is 2.40. The highest BCUT2D eigenvalue weighted by atomic mass is 16.4. The molecule has 3 rings (SSSR count). The summed E-state index contributed by atoms with van der Waals surface area (Å²) in [6.07, 6.45) is 3.79. The molecule has 0 aliphatic heterocycles. The number of carbonyl (C=O) groups is 1. The van der Waals surface area contributed by atoms with E-state index in [9.17, 15) is 4.79 Å². The van der Waals surface area contributed by atoms with Crippen LogP contribution in [0.4, 0.5) is 0 Å². The second kappa shape index (κ2) is 5.40. The number of hydrogen-bond acceptors (Lipinski definition) is 2. The van der Waals surface area contributed by atoms with Gasteiger partial charge in [0.1, 0.15) is 6.33 Å². The minimum Gasteiger partial charge on any atom is -0.478 e. The number of nitrogens with zero attached hydrogens (tertiary/aromatic N) is 2. The smallest absolute Gasteiger partial charge is 0.335 e. The molecule has 106 valence electrons. The third-order valence-electron chi connectivity index (χ3n) is 3.56. The van der Waals surface area contributed by atoms with Crippen LogP contribution in [0.3, 0.4) is 0 Å². The molecule has 1 heterocycles. The van der Waals surface area contributed by atoms with E-state index in [-0.39, 0.29) is 5.56 Å². The molecule has 21 heavy (non-hydrogen) atoms. The summed E-state index contributed by atoms with van der Waals surface area (Å²) in [7, 11) is 0. The topological polar surface area (TPSA) is 55.1 Å². The molecule has 0 atom stereocenters. The lowest BCUT2D eigenvalue weighted by Gasteiger charge is -2.10. The van der Waals surface area contributed by atoms with Gasteiger partial charge in [0.05, 0.1) is 22.3 Å². The molecule has 0 aliphatic rings. The molecule has 0 spiro atoms. The molecule has 0 saturated heterocycles. The van der Waals surface area contributed by atoms with E-state index >= 15 is 0 Å². The average molecular weight is 280 g/mol. The maximum atomic E-state index is 11.2. The van der Waals surface area contributed by atoms with E-state index in [0.29, 0.717) is 0 Å². The largest absolute Gasteiger partial charge is 0.478 e. The second-order valence-corrected chi connectivity index (χ2v) is 5.00. The number of fused-ring (bicyclic) bond motifs is 1. The Labute approximate surface area is 122 Å². The van der Waals surface area contributed by atoms with Crippen molar-refractivity contribution in [3.05, 3.63) is 59.9 Å². The maximum Gasteiger partial charge on any atom is 0.335 e. The van der Waals surface area contributed by atoms with Gasteiger partial charge < -0.3 is 5.11 Å². The lowest BCUT2D eigenvalue weighted by atomic mass is 10.1. The summed E-state index contributed by atoms with van der Waals surface area (Å²) in [5, 5.41) is 9.15. The van der Waals surface area contributed by atoms with E-state index in [1.54, 1.807) is 24.5 Å². The molecule has 4 heteroatoms. The number of hydrogen-bond donors (Lipinski definition) is 1. The Morgan fingerprint density at radius 3 is 2.81 bits per heavy atom. The summed E-state index contributed by atoms with van der Waals surface area (Å²) in [6.45, 7) is 2.14. The van der Waals surface area contributed by atoms with Gasteiger partial charge in [-0.2, -0.15) is 0 Å². The van der Waals surface area contributed by atoms with Gasteiger partial charge in [0, 0.05) is 0 Å². The van der Waals surface area contributed by atoms with Crippen LogP contribution in [-0.4, -0.2) is 20.6 Å². The highest BCUT2D eigenvalue weighted by molar-refractivity contribution is 5.92. The van der Waals surface area contributed by atoms with Crippen molar-refractivity contribution in [1.82, 2.24) is 9.55 Å². The molecule has 2 aromatic carbocycles. The third-order valence-corrected chi connectivity index (χ3v) is 3.56. The zero-order valence-electron chi connectivity index (χ0n) is 11.8. The van der Waals surface area contributed by atoms with Gasteiger partial charge in [0.15, 0.2) is 0 Å². The Balaban J connectivity index is 2.21. The molecule has 0 bridgehead atoms. The molecular weight excluding hydrogens is 264 g/mol. The number of aromatic carboxylic acids is 1. The van der Waals surface area contributed by atoms with Crippen molar-refractivity contribution in [2.24, 2.45) is 0 Å². The second-order valence-electron chi connectivity index (χ2n) is 5.00. The monoisotopic (exact) mass is 280 g/mol. The van der Waals surface area contributed by atoms with Crippen LogP contribution in [0.15, 0.2) is 48.8 Å². The lowest BCUT2D eigenvalue weighted by molar-refractivity contribution is 0.0697. The van der Waals surface area contributed by atoms with E-state index in [0.717, 1.165) is 29.6 Å². The van der Waals surface area contributed by atoms with E-state index in [1.807, 2.05) is 22.8 Å². The predicted molar refractivity (Wildman–Crippen MR) is 82.0 cm³/mol. The van der Waals surface area contributed by atoms with Crippen LogP contribution >= 0.6 is 0 Å². The molecule has 0 fully saturated rings. The average Bonchev–Trinajstić information content (AvgIpc) is 2.91. The molecule has 3 aromatic rings. The maximum absolute atomic E-state index is 11.2.